The van der Waals surface area contributed by atoms with Gasteiger partial charge in [0.05, 0.1) is 6.04 Å². The first kappa shape index (κ1) is 20.2. The molecule has 0 aliphatic rings. The molecule has 0 bridgehead atoms. The molecule has 0 saturated carbocycles. The summed E-state index contributed by atoms with van der Waals surface area (Å²) in [4.78, 5) is 0. The number of hydrogen-bond donors (Lipinski definition) is 1. The normalized spacial score (nSPS) is 11.3. The van der Waals surface area contributed by atoms with Crippen LogP contribution in [0.25, 0.3) is 21.5 Å². The molecule has 0 unspecified atom stereocenters. The van der Waals surface area contributed by atoms with Crippen molar-refractivity contribution in [2.75, 3.05) is 27.8 Å². The Bertz CT molecular complexity index is 1070. The minimum atomic E-state index is -0.485. The Kier molecular flexibility index (Phi) is 6.14. The minimum absolute atomic E-state index is 0.140. The van der Waals surface area contributed by atoms with Crippen LogP contribution in [0.1, 0.15) is 17.2 Å². The number of nitrogens with two attached hydrogens (primary N) is 1. The average molecular weight is 403 g/mol. The van der Waals surface area contributed by atoms with E-state index in [1.54, 1.807) is 14.2 Å². The van der Waals surface area contributed by atoms with E-state index in [1.165, 1.54) is 0 Å². The largest absolute Gasteiger partial charge is 0.467 e. The van der Waals surface area contributed by atoms with E-state index in [9.17, 15) is 0 Å². The molecule has 0 fully saturated rings. The van der Waals surface area contributed by atoms with Crippen LogP contribution >= 0.6 is 0 Å². The first-order valence-electron chi connectivity index (χ1n) is 9.77. The predicted octanol–water partition coefficient (Wildman–Crippen LogP) is 5.01. The van der Waals surface area contributed by atoms with Gasteiger partial charge in [0.1, 0.15) is 11.5 Å². The first-order valence-corrected chi connectivity index (χ1v) is 9.77. The molecular formula is C25H25NO4. The van der Waals surface area contributed by atoms with Crippen molar-refractivity contribution in [2.24, 2.45) is 5.73 Å². The van der Waals surface area contributed by atoms with E-state index in [-0.39, 0.29) is 13.6 Å². The summed E-state index contributed by atoms with van der Waals surface area (Å²) in [6, 6.07) is 23.7. The summed E-state index contributed by atoms with van der Waals surface area (Å²) in [5.41, 5.74) is 8.74. The van der Waals surface area contributed by atoms with Gasteiger partial charge in [0, 0.05) is 25.3 Å². The standard InChI is InChI=1S/C25H25NO4/c1-27-15-29-21-13-11-17-7-3-5-9-19(17)23(21)25(26)24-20-10-6-4-8-18(20)12-14-22(24)30-16-28-2/h3-14,25H,15-16,26H2,1-2H3. The number of rotatable bonds is 8. The zero-order chi connectivity index (χ0) is 20.9. The van der Waals surface area contributed by atoms with Crippen LogP contribution in [0.15, 0.2) is 72.8 Å². The number of hydrogen-bond acceptors (Lipinski definition) is 5. The van der Waals surface area contributed by atoms with Crippen molar-refractivity contribution in [1.29, 1.82) is 0 Å². The van der Waals surface area contributed by atoms with E-state index in [0.717, 1.165) is 32.7 Å². The Morgan fingerprint density at radius 2 is 1.07 bits per heavy atom. The smallest absolute Gasteiger partial charge is 0.188 e. The second-order valence-electron chi connectivity index (χ2n) is 6.98. The lowest BCUT2D eigenvalue weighted by Crippen LogP contribution is -2.17. The van der Waals surface area contributed by atoms with Gasteiger partial charge < -0.3 is 24.7 Å². The highest BCUT2D eigenvalue weighted by Gasteiger charge is 2.23. The average Bonchev–Trinajstić information content (AvgIpc) is 2.80. The van der Waals surface area contributed by atoms with Crippen molar-refractivity contribution < 1.29 is 18.9 Å². The van der Waals surface area contributed by atoms with Gasteiger partial charge in [0.15, 0.2) is 13.6 Å². The van der Waals surface area contributed by atoms with Crippen LogP contribution < -0.4 is 15.2 Å². The maximum atomic E-state index is 6.95. The summed E-state index contributed by atoms with van der Waals surface area (Å²) in [6.45, 7) is 0.279. The second kappa shape index (κ2) is 9.13. The van der Waals surface area contributed by atoms with Gasteiger partial charge in [0.25, 0.3) is 0 Å². The fourth-order valence-corrected chi connectivity index (χ4v) is 3.83. The Hall–Kier alpha value is -3.12. The van der Waals surface area contributed by atoms with Crippen LogP contribution in [-0.2, 0) is 9.47 Å². The topological polar surface area (TPSA) is 62.9 Å². The molecule has 4 rings (SSSR count). The SMILES string of the molecule is COCOc1ccc2ccccc2c1C(N)c1c(OCOC)ccc2ccccc12. The molecule has 0 radical (unpaired) electrons. The monoisotopic (exact) mass is 403 g/mol. The van der Waals surface area contributed by atoms with E-state index in [0.29, 0.717) is 11.5 Å². The summed E-state index contributed by atoms with van der Waals surface area (Å²) in [5, 5.41) is 4.24. The van der Waals surface area contributed by atoms with Gasteiger partial charge in [-0.3, -0.25) is 0 Å². The second-order valence-corrected chi connectivity index (χ2v) is 6.98. The molecule has 0 aromatic heterocycles. The van der Waals surface area contributed by atoms with Crippen molar-refractivity contribution in [3.63, 3.8) is 0 Å². The summed E-state index contributed by atoms with van der Waals surface area (Å²) in [6.07, 6.45) is 0. The quantitative estimate of drug-likeness (QED) is 0.419. The molecular weight excluding hydrogens is 378 g/mol. The van der Waals surface area contributed by atoms with E-state index in [4.69, 9.17) is 24.7 Å². The van der Waals surface area contributed by atoms with Crippen LogP contribution in [0.5, 0.6) is 11.5 Å². The summed E-state index contributed by atoms with van der Waals surface area (Å²) >= 11 is 0. The molecule has 154 valence electrons. The van der Waals surface area contributed by atoms with Crippen LogP contribution in [0.2, 0.25) is 0 Å². The van der Waals surface area contributed by atoms with Crippen LogP contribution in [0, 0.1) is 0 Å². The van der Waals surface area contributed by atoms with Crippen molar-refractivity contribution >= 4 is 21.5 Å². The Balaban J connectivity index is 1.95. The van der Waals surface area contributed by atoms with Crippen LogP contribution in [-0.4, -0.2) is 27.8 Å². The van der Waals surface area contributed by atoms with Crippen molar-refractivity contribution in [1.82, 2.24) is 0 Å². The van der Waals surface area contributed by atoms with Gasteiger partial charge in [-0.25, -0.2) is 0 Å². The molecule has 30 heavy (non-hydrogen) atoms. The van der Waals surface area contributed by atoms with E-state index < -0.39 is 6.04 Å². The highest BCUT2D eigenvalue weighted by Crippen LogP contribution is 2.41. The number of ether oxygens (including phenoxy) is 4. The highest BCUT2D eigenvalue weighted by atomic mass is 16.7. The van der Waals surface area contributed by atoms with Crippen LogP contribution in [0.4, 0.5) is 0 Å². The summed E-state index contributed by atoms with van der Waals surface area (Å²) < 4.78 is 22.1. The number of methoxy groups -OCH3 is 2. The Morgan fingerprint density at radius 1 is 0.633 bits per heavy atom. The molecule has 4 aromatic carbocycles. The van der Waals surface area contributed by atoms with Crippen LogP contribution in [0.3, 0.4) is 0 Å². The Labute approximate surface area is 175 Å². The third-order valence-corrected chi connectivity index (χ3v) is 5.15. The Morgan fingerprint density at radius 3 is 1.50 bits per heavy atom. The molecule has 5 heteroatoms. The molecule has 0 atom stereocenters. The van der Waals surface area contributed by atoms with Gasteiger partial charge >= 0.3 is 0 Å². The maximum Gasteiger partial charge on any atom is 0.188 e. The molecule has 0 heterocycles. The first-order chi connectivity index (χ1) is 14.7. The van der Waals surface area contributed by atoms with Crippen molar-refractivity contribution in [3.8, 4) is 11.5 Å². The lowest BCUT2D eigenvalue weighted by molar-refractivity contribution is 0.0495. The summed E-state index contributed by atoms with van der Waals surface area (Å²) in [7, 11) is 3.20. The number of fused-ring (bicyclic) bond motifs is 2. The van der Waals surface area contributed by atoms with Gasteiger partial charge in [-0.2, -0.15) is 0 Å². The van der Waals surface area contributed by atoms with Crippen molar-refractivity contribution in [3.05, 3.63) is 83.9 Å². The molecule has 2 N–H and O–H groups in total. The highest BCUT2D eigenvalue weighted by molar-refractivity contribution is 5.92. The molecule has 0 spiro atoms. The lowest BCUT2D eigenvalue weighted by atomic mass is 9.90. The number of benzene rings is 4. The molecule has 0 aliphatic carbocycles. The maximum absolute atomic E-state index is 6.95. The van der Waals surface area contributed by atoms with E-state index >= 15 is 0 Å². The third-order valence-electron chi connectivity index (χ3n) is 5.15. The van der Waals surface area contributed by atoms with Gasteiger partial charge in [-0.05, 0) is 33.7 Å². The van der Waals surface area contributed by atoms with E-state index in [2.05, 4.69) is 24.3 Å². The van der Waals surface area contributed by atoms with Gasteiger partial charge in [-0.15, -0.1) is 0 Å². The third kappa shape index (κ3) is 3.83. The van der Waals surface area contributed by atoms with E-state index in [1.807, 2.05) is 48.5 Å². The molecule has 4 aromatic rings. The fourth-order valence-electron chi connectivity index (χ4n) is 3.83. The predicted molar refractivity (Wildman–Crippen MR) is 119 cm³/mol. The fraction of sp³-hybridized carbons (Fsp3) is 0.200. The molecule has 0 aliphatic heterocycles. The molecule has 0 saturated heterocycles. The van der Waals surface area contributed by atoms with Crippen molar-refractivity contribution in [2.45, 2.75) is 6.04 Å². The lowest BCUT2D eigenvalue weighted by Gasteiger charge is -2.23. The van der Waals surface area contributed by atoms with Gasteiger partial charge in [-0.1, -0.05) is 60.7 Å². The summed E-state index contributed by atoms with van der Waals surface area (Å²) in [5.74, 6) is 1.38. The molecule has 5 nitrogen and oxygen atoms in total. The zero-order valence-corrected chi connectivity index (χ0v) is 17.1. The molecule has 0 amide bonds. The zero-order valence-electron chi connectivity index (χ0n) is 17.1. The minimum Gasteiger partial charge on any atom is -0.467 e. The van der Waals surface area contributed by atoms with Gasteiger partial charge in [0.2, 0.25) is 0 Å².